The predicted molar refractivity (Wildman–Crippen MR) is 68.4 cm³/mol. The van der Waals surface area contributed by atoms with Gasteiger partial charge in [-0.15, -0.1) is 6.07 Å². The van der Waals surface area contributed by atoms with Gasteiger partial charge in [0, 0.05) is 38.6 Å². The molecule has 5 heteroatoms. The average Bonchev–Trinajstić information content (AvgIpc) is 2.42. The first-order valence-electron chi connectivity index (χ1n) is 5.35. The summed E-state index contributed by atoms with van der Waals surface area (Å²) in [6.45, 7) is 0. The van der Waals surface area contributed by atoms with Crippen LogP contribution in [0, 0.1) is 6.07 Å². The first-order chi connectivity index (χ1) is 8.77. The van der Waals surface area contributed by atoms with Crippen LogP contribution in [-0.2, 0) is 21.1 Å². The number of nitrogens with zero attached hydrogens (tertiary/aromatic N) is 1. The van der Waals surface area contributed by atoms with E-state index in [0.717, 1.165) is 0 Å². The third-order valence-corrected chi connectivity index (χ3v) is 2.28. The number of aromatic hydroxyl groups is 1. The van der Waals surface area contributed by atoms with Gasteiger partial charge in [0.05, 0.1) is 0 Å². The Morgan fingerprint density at radius 1 is 1.26 bits per heavy atom. The van der Waals surface area contributed by atoms with Crippen LogP contribution < -0.4 is 5.43 Å². The van der Waals surface area contributed by atoms with E-state index < -0.39 is 0 Å². The summed E-state index contributed by atoms with van der Waals surface area (Å²) >= 11 is 0. The smallest absolute Gasteiger partial charge is 0.271 e. The van der Waals surface area contributed by atoms with Gasteiger partial charge in [0.2, 0.25) is 0 Å². The number of benzene rings is 2. The van der Waals surface area contributed by atoms with Crippen LogP contribution in [0.3, 0.4) is 0 Å². The number of phenols is 1. The van der Waals surface area contributed by atoms with Gasteiger partial charge in [-0.25, -0.2) is 5.43 Å². The number of hydrazone groups is 1. The zero-order chi connectivity index (χ0) is 12.8. The predicted octanol–water partition coefficient (Wildman–Crippen LogP) is 1.95. The molecule has 19 heavy (non-hydrogen) atoms. The van der Waals surface area contributed by atoms with E-state index in [4.69, 9.17) is 0 Å². The maximum absolute atomic E-state index is 11.6. The van der Waals surface area contributed by atoms with Crippen molar-refractivity contribution < 1.29 is 31.0 Å². The van der Waals surface area contributed by atoms with Crippen molar-refractivity contribution >= 4 is 12.1 Å². The quantitative estimate of drug-likeness (QED) is 0.451. The third-order valence-electron chi connectivity index (χ3n) is 2.28. The summed E-state index contributed by atoms with van der Waals surface area (Å²) in [5.74, 6) is -0.210. The van der Waals surface area contributed by atoms with E-state index in [0.29, 0.717) is 11.1 Å². The van der Waals surface area contributed by atoms with Gasteiger partial charge >= 0.3 is 0 Å². The van der Waals surface area contributed by atoms with Gasteiger partial charge in [-0.3, -0.25) is 4.79 Å². The number of phenolic OH excluding ortho intramolecular Hbond substituents is 1. The van der Waals surface area contributed by atoms with Crippen LogP contribution in [0.15, 0.2) is 53.6 Å². The fourth-order valence-electron chi connectivity index (χ4n) is 1.35. The van der Waals surface area contributed by atoms with Crippen molar-refractivity contribution in [1.29, 1.82) is 0 Å². The largest absolute Gasteiger partial charge is 0.533 e. The molecule has 0 aromatic heterocycles. The van der Waals surface area contributed by atoms with Crippen LogP contribution in [-0.4, -0.2) is 17.2 Å². The van der Waals surface area contributed by atoms with Crippen LogP contribution in [0.5, 0.6) is 5.75 Å². The molecular formula is C14H11N2O2W-. The van der Waals surface area contributed by atoms with E-state index in [1.54, 1.807) is 36.4 Å². The third kappa shape index (κ3) is 4.34. The Hall–Kier alpha value is -1.93. The van der Waals surface area contributed by atoms with Crippen molar-refractivity contribution in [2.45, 2.75) is 0 Å². The van der Waals surface area contributed by atoms with Crippen LogP contribution in [0.1, 0.15) is 15.9 Å². The summed E-state index contributed by atoms with van der Waals surface area (Å²) in [7, 11) is 0. The van der Waals surface area contributed by atoms with Crippen LogP contribution in [0.4, 0.5) is 0 Å². The molecule has 0 aliphatic rings. The first-order valence-corrected chi connectivity index (χ1v) is 5.35. The van der Waals surface area contributed by atoms with Crippen molar-refractivity contribution in [1.82, 2.24) is 5.43 Å². The molecule has 1 amide bonds. The molecular weight excluding hydrogens is 412 g/mol. The van der Waals surface area contributed by atoms with Crippen molar-refractivity contribution in [3.8, 4) is 5.75 Å². The summed E-state index contributed by atoms with van der Waals surface area (Å²) < 4.78 is 0. The fourth-order valence-corrected chi connectivity index (χ4v) is 1.35. The summed E-state index contributed by atoms with van der Waals surface area (Å²) in [6, 6.07) is 16.2. The Kier molecular flexibility index (Phi) is 5.96. The number of hydrogen-bond donors (Lipinski definition) is 2. The maximum atomic E-state index is 11.6. The summed E-state index contributed by atoms with van der Waals surface area (Å²) in [5.41, 5.74) is 3.40. The zero-order valence-corrected chi connectivity index (χ0v) is 12.8. The van der Waals surface area contributed by atoms with E-state index >= 15 is 0 Å². The second kappa shape index (κ2) is 7.49. The van der Waals surface area contributed by atoms with Crippen LogP contribution in [0.2, 0.25) is 0 Å². The van der Waals surface area contributed by atoms with Crippen molar-refractivity contribution in [3.63, 3.8) is 0 Å². The zero-order valence-electron chi connectivity index (χ0n) is 9.91. The van der Waals surface area contributed by atoms with Crippen LogP contribution in [0.25, 0.3) is 0 Å². The molecule has 0 heterocycles. The fraction of sp³-hybridized carbons (Fsp3) is 0. The number of carbonyl (C=O) groups is 1. The molecule has 2 aromatic carbocycles. The minimum atomic E-state index is -0.300. The minimum Gasteiger partial charge on any atom is -0.533 e. The molecule has 0 fully saturated rings. The molecule has 4 nitrogen and oxygen atoms in total. The standard InChI is InChI=1S/C14H11N2O2.W/c17-13-9-5-4-8-12(13)10-15-16-14(18)11-6-2-1-3-7-11;/h1-3,5-10,17H,(H,16,18);/q-1;/b15-10+;. The van der Waals surface area contributed by atoms with Gasteiger partial charge in [-0.2, -0.15) is 23.3 Å². The molecule has 0 bridgehead atoms. The average molecular weight is 423 g/mol. The molecule has 0 unspecified atom stereocenters. The molecule has 0 aliphatic carbocycles. The molecule has 0 saturated carbocycles. The topological polar surface area (TPSA) is 61.7 Å². The molecule has 2 aromatic rings. The van der Waals surface area contributed by atoms with Gasteiger partial charge < -0.3 is 5.11 Å². The van der Waals surface area contributed by atoms with Gasteiger partial charge in [-0.1, -0.05) is 23.8 Å². The first kappa shape index (κ1) is 15.1. The molecule has 96 valence electrons. The minimum absolute atomic E-state index is 0. The van der Waals surface area contributed by atoms with Gasteiger partial charge in [0.1, 0.15) is 0 Å². The van der Waals surface area contributed by atoms with Crippen LogP contribution >= 0.6 is 0 Å². The van der Waals surface area contributed by atoms with E-state index in [-0.39, 0.29) is 32.7 Å². The number of hydrogen-bond acceptors (Lipinski definition) is 3. The van der Waals surface area contributed by atoms with Crippen molar-refractivity contribution in [2.24, 2.45) is 5.10 Å². The molecule has 0 aliphatic heterocycles. The van der Waals surface area contributed by atoms with Gasteiger partial charge in [-0.05, 0) is 12.1 Å². The summed E-state index contributed by atoms with van der Waals surface area (Å²) in [5, 5.41) is 13.2. The molecule has 0 saturated heterocycles. The normalized spacial score (nSPS) is 9.89. The SMILES string of the molecule is O=C(N/N=C/c1c[c-]ccc1O)c1ccccc1.[W]. The van der Waals surface area contributed by atoms with E-state index in [1.165, 1.54) is 12.3 Å². The number of amides is 1. The second-order valence-electron chi connectivity index (χ2n) is 3.55. The summed E-state index contributed by atoms with van der Waals surface area (Å²) in [6.07, 6.45) is 1.37. The summed E-state index contributed by atoms with van der Waals surface area (Å²) in [4.78, 5) is 11.6. The molecule has 0 atom stereocenters. The Morgan fingerprint density at radius 2 is 2.00 bits per heavy atom. The Morgan fingerprint density at radius 3 is 2.68 bits per heavy atom. The van der Waals surface area contributed by atoms with Crippen molar-refractivity contribution in [2.75, 3.05) is 0 Å². The Labute approximate surface area is 125 Å². The maximum Gasteiger partial charge on any atom is 0.271 e. The van der Waals surface area contributed by atoms with E-state index in [9.17, 15) is 9.90 Å². The second-order valence-corrected chi connectivity index (χ2v) is 3.55. The molecule has 0 spiro atoms. The number of rotatable bonds is 3. The van der Waals surface area contributed by atoms with Crippen molar-refractivity contribution in [3.05, 3.63) is 65.7 Å². The molecule has 2 rings (SSSR count). The molecule has 2 N–H and O–H groups in total. The van der Waals surface area contributed by atoms with Gasteiger partial charge in [0.15, 0.2) is 0 Å². The van der Waals surface area contributed by atoms with E-state index in [1.807, 2.05) is 6.07 Å². The Balaban J connectivity index is 0.00000180. The van der Waals surface area contributed by atoms with Gasteiger partial charge in [0.25, 0.3) is 5.91 Å². The molecule has 0 radical (unpaired) electrons. The van der Waals surface area contributed by atoms with E-state index in [2.05, 4.69) is 16.6 Å². The monoisotopic (exact) mass is 423 g/mol. The Bertz CT molecular complexity index is 571. The number of nitrogens with one attached hydrogen (secondary N) is 1. The number of carbonyl (C=O) groups excluding carboxylic acids is 1.